The summed E-state index contributed by atoms with van der Waals surface area (Å²) in [6.45, 7) is 16.3. The van der Waals surface area contributed by atoms with Crippen LogP contribution in [0, 0.1) is 6.92 Å². The number of thiazole rings is 1. The number of carbonyl (C=O) groups is 2. The number of carboxylic acid groups (broad SMARTS) is 1. The zero-order chi connectivity index (χ0) is 30.3. The largest absolute Gasteiger partial charge is 0.496 e. The lowest BCUT2D eigenvalue weighted by Crippen LogP contribution is -2.40. The van der Waals surface area contributed by atoms with Crippen LogP contribution in [0.4, 0.5) is 0 Å². The SMILES string of the molecule is COc1c(C(C)(C)C)cc(-c2nc(C3CCN(C(=O)Cn4nc(CC(=O)O)cc4C)CC3)sc2Cl)cc1C(C)(C)C. The summed E-state index contributed by atoms with van der Waals surface area (Å²) in [6, 6.07) is 6.05. The summed E-state index contributed by atoms with van der Waals surface area (Å²) < 4.78 is 8.19. The second-order valence-corrected chi connectivity index (χ2v) is 14.6. The Morgan fingerprint density at radius 1 is 1.07 bits per heavy atom. The molecule has 10 heteroatoms. The van der Waals surface area contributed by atoms with E-state index in [1.807, 2.05) is 11.8 Å². The fourth-order valence-corrected chi connectivity index (χ4v) is 6.72. The Kier molecular flexibility index (Phi) is 8.90. The minimum atomic E-state index is -0.940. The summed E-state index contributed by atoms with van der Waals surface area (Å²) in [5.74, 6) is 0.189. The second-order valence-electron chi connectivity index (χ2n) is 12.9. The number of piperidine rings is 1. The molecule has 0 radical (unpaired) electrons. The Hall–Kier alpha value is -2.91. The van der Waals surface area contributed by atoms with Crippen LogP contribution in [0.2, 0.25) is 4.34 Å². The molecule has 1 aliphatic heterocycles. The first-order valence-corrected chi connectivity index (χ1v) is 15.2. The lowest BCUT2D eigenvalue weighted by Gasteiger charge is -2.31. The van der Waals surface area contributed by atoms with Gasteiger partial charge in [0.1, 0.15) is 22.3 Å². The van der Waals surface area contributed by atoms with Crippen molar-refractivity contribution in [2.24, 2.45) is 0 Å². The monoisotopic (exact) mass is 600 g/mol. The summed E-state index contributed by atoms with van der Waals surface area (Å²) in [6.07, 6.45) is 1.46. The third-order valence-electron chi connectivity index (χ3n) is 7.63. The predicted octanol–water partition coefficient (Wildman–Crippen LogP) is 6.61. The predicted molar refractivity (Wildman–Crippen MR) is 163 cm³/mol. The molecule has 41 heavy (non-hydrogen) atoms. The molecule has 4 rings (SSSR count). The molecule has 3 aromatic rings. The summed E-state index contributed by atoms with van der Waals surface area (Å²) >= 11 is 8.37. The Labute approximate surface area is 251 Å². The van der Waals surface area contributed by atoms with Crippen molar-refractivity contribution in [3.8, 4) is 17.0 Å². The Morgan fingerprint density at radius 2 is 1.66 bits per heavy atom. The van der Waals surface area contributed by atoms with Crippen molar-refractivity contribution in [1.82, 2.24) is 19.7 Å². The number of likely N-dealkylation sites (tertiary alicyclic amines) is 1. The van der Waals surface area contributed by atoms with Crippen LogP contribution in [0.15, 0.2) is 18.2 Å². The summed E-state index contributed by atoms with van der Waals surface area (Å²) in [5.41, 5.74) is 5.03. The highest BCUT2D eigenvalue weighted by Gasteiger charge is 2.31. The van der Waals surface area contributed by atoms with Crippen LogP contribution in [0.5, 0.6) is 5.75 Å². The smallest absolute Gasteiger partial charge is 0.309 e. The highest BCUT2D eigenvalue weighted by atomic mass is 35.5. The van der Waals surface area contributed by atoms with Gasteiger partial charge in [0.25, 0.3) is 0 Å². The van der Waals surface area contributed by atoms with E-state index < -0.39 is 5.97 Å². The zero-order valence-corrected chi connectivity index (χ0v) is 26.9. The number of hydrogen-bond donors (Lipinski definition) is 1. The van der Waals surface area contributed by atoms with Crippen LogP contribution < -0.4 is 4.74 Å². The van der Waals surface area contributed by atoms with Crippen molar-refractivity contribution < 1.29 is 19.4 Å². The molecular weight excluding hydrogens is 560 g/mol. The molecule has 2 aromatic heterocycles. The van der Waals surface area contributed by atoms with Gasteiger partial charge in [-0.1, -0.05) is 53.1 Å². The molecule has 8 nitrogen and oxygen atoms in total. The third-order valence-corrected chi connectivity index (χ3v) is 9.05. The minimum absolute atomic E-state index is 0.0166. The number of ether oxygens (including phenoxy) is 1. The molecule has 222 valence electrons. The quantitative estimate of drug-likeness (QED) is 0.328. The van der Waals surface area contributed by atoms with Gasteiger partial charge in [0.15, 0.2) is 0 Å². The molecule has 1 N–H and O–H groups in total. The van der Waals surface area contributed by atoms with Gasteiger partial charge in [-0.05, 0) is 48.8 Å². The number of nitrogens with zero attached hydrogens (tertiary/aromatic N) is 4. The molecule has 1 aliphatic rings. The fraction of sp³-hybridized carbons (Fsp3) is 0.548. The summed E-state index contributed by atoms with van der Waals surface area (Å²) in [4.78, 5) is 30.9. The number of amides is 1. The molecule has 1 amide bonds. The highest BCUT2D eigenvalue weighted by molar-refractivity contribution is 7.16. The lowest BCUT2D eigenvalue weighted by molar-refractivity contribution is -0.136. The summed E-state index contributed by atoms with van der Waals surface area (Å²) in [5, 5.41) is 14.3. The topological polar surface area (TPSA) is 97.5 Å². The molecule has 0 aliphatic carbocycles. The number of rotatable bonds is 7. The summed E-state index contributed by atoms with van der Waals surface area (Å²) in [7, 11) is 1.73. The van der Waals surface area contributed by atoms with E-state index in [1.165, 1.54) is 11.3 Å². The van der Waals surface area contributed by atoms with Gasteiger partial charge in [0.05, 0.1) is 24.2 Å². The van der Waals surface area contributed by atoms with Gasteiger partial charge in [-0.2, -0.15) is 5.10 Å². The molecule has 1 aromatic carbocycles. The van der Waals surface area contributed by atoms with Crippen LogP contribution >= 0.6 is 22.9 Å². The Bertz CT molecular complexity index is 1400. The first-order chi connectivity index (χ1) is 19.1. The number of hydrogen-bond acceptors (Lipinski definition) is 6. The number of halogens is 1. The number of carboxylic acids is 1. The first kappa shape index (κ1) is 31.0. The molecule has 0 bridgehead atoms. The van der Waals surface area contributed by atoms with E-state index in [0.29, 0.717) is 23.1 Å². The van der Waals surface area contributed by atoms with Gasteiger partial charge in [0, 0.05) is 41.4 Å². The number of aromatic nitrogens is 3. The van der Waals surface area contributed by atoms with E-state index in [2.05, 4.69) is 58.8 Å². The van der Waals surface area contributed by atoms with Gasteiger partial charge in [-0.3, -0.25) is 14.3 Å². The minimum Gasteiger partial charge on any atom is -0.496 e. The van der Waals surface area contributed by atoms with E-state index in [-0.39, 0.29) is 35.6 Å². The van der Waals surface area contributed by atoms with Crippen molar-refractivity contribution in [3.63, 3.8) is 0 Å². The van der Waals surface area contributed by atoms with Crippen LogP contribution in [0.1, 0.15) is 87.8 Å². The molecule has 1 saturated heterocycles. The van der Waals surface area contributed by atoms with Gasteiger partial charge < -0.3 is 14.7 Å². The zero-order valence-electron chi connectivity index (χ0n) is 25.3. The number of carbonyl (C=O) groups excluding carboxylic acids is 1. The third kappa shape index (κ3) is 6.95. The van der Waals surface area contributed by atoms with Crippen molar-refractivity contribution >= 4 is 34.8 Å². The maximum Gasteiger partial charge on any atom is 0.309 e. The van der Waals surface area contributed by atoms with Crippen molar-refractivity contribution in [1.29, 1.82) is 0 Å². The molecular formula is C31H41ClN4O4S. The molecule has 1 fully saturated rings. The molecule has 0 saturated carbocycles. The number of methoxy groups -OCH3 is 1. The number of aryl methyl sites for hydroxylation is 1. The lowest BCUT2D eigenvalue weighted by atomic mass is 9.78. The van der Waals surface area contributed by atoms with E-state index in [1.54, 1.807) is 17.9 Å². The van der Waals surface area contributed by atoms with Gasteiger partial charge in [-0.15, -0.1) is 11.3 Å². The van der Waals surface area contributed by atoms with Crippen LogP contribution in [0.25, 0.3) is 11.3 Å². The van der Waals surface area contributed by atoms with E-state index in [9.17, 15) is 9.59 Å². The van der Waals surface area contributed by atoms with Crippen LogP contribution in [-0.4, -0.2) is 56.8 Å². The maximum atomic E-state index is 13.0. The maximum absolute atomic E-state index is 13.0. The highest BCUT2D eigenvalue weighted by Crippen LogP contribution is 2.45. The number of aliphatic carboxylic acids is 1. The number of benzene rings is 1. The second kappa shape index (κ2) is 11.8. The van der Waals surface area contributed by atoms with E-state index in [4.69, 9.17) is 26.4 Å². The first-order valence-electron chi connectivity index (χ1n) is 14.0. The Morgan fingerprint density at radius 3 is 2.17 bits per heavy atom. The van der Waals surface area contributed by atoms with Gasteiger partial charge >= 0.3 is 5.97 Å². The molecule has 3 heterocycles. The fourth-order valence-electron chi connectivity index (χ4n) is 5.35. The van der Waals surface area contributed by atoms with Crippen molar-refractivity contribution in [2.45, 2.75) is 91.0 Å². The van der Waals surface area contributed by atoms with Gasteiger partial charge in [-0.25, -0.2) is 4.98 Å². The molecule has 0 unspecified atom stereocenters. The standard InChI is InChI=1S/C31H41ClN4O4S/c1-18-13-21(16-25(38)39)34-36(18)17-24(37)35-11-9-19(10-12-35)29-33-26(28(32)41-29)20-14-22(30(2,3)4)27(40-8)23(15-20)31(5,6)7/h13-15,19H,9-12,16-17H2,1-8H3,(H,38,39). The van der Waals surface area contributed by atoms with Crippen molar-refractivity contribution in [2.75, 3.05) is 20.2 Å². The van der Waals surface area contributed by atoms with E-state index >= 15 is 0 Å². The van der Waals surface area contributed by atoms with Crippen LogP contribution in [0.3, 0.4) is 0 Å². The normalized spacial score (nSPS) is 14.9. The molecule has 0 spiro atoms. The average Bonchev–Trinajstić information content (AvgIpc) is 3.43. The van der Waals surface area contributed by atoms with Gasteiger partial charge in [0.2, 0.25) is 5.91 Å². The average molecular weight is 601 g/mol. The molecule has 0 atom stereocenters. The van der Waals surface area contributed by atoms with E-state index in [0.717, 1.165) is 51.7 Å². The van der Waals surface area contributed by atoms with Crippen molar-refractivity contribution in [3.05, 3.63) is 50.1 Å². The Balaban J connectivity index is 1.51. The van der Waals surface area contributed by atoms with Crippen LogP contribution in [-0.2, 0) is 33.4 Å².